The van der Waals surface area contributed by atoms with Crippen LogP contribution in [0.15, 0.2) is 205 Å². The van der Waals surface area contributed by atoms with Gasteiger partial charge in [-0.15, -0.1) is 0 Å². The zero-order valence-corrected chi connectivity index (χ0v) is 30.8. The fraction of sp³-hybridized carbons (Fsp3) is 0. The van der Waals surface area contributed by atoms with Gasteiger partial charge in [-0.2, -0.15) is 0 Å². The van der Waals surface area contributed by atoms with Crippen LogP contribution in [0.4, 0.5) is 0 Å². The van der Waals surface area contributed by atoms with Crippen LogP contribution in [0.5, 0.6) is 0 Å². The molecule has 0 spiro atoms. The molecule has 0 fully saturated rings. The van der Waals surface area contributed by atoms with E-state index < -0.39 is 0 Å². The predicted molar refractivity (Wildman–Crippen MR) is 235 cm³/mol. The van der Waals surface area contributed by atoms with Crippen molar-refractivity contribution in [2.45, 2.75) is 0 Å². The molecule has 4 nitrogen and oxygen atoms in total. The molecule has 0 saturated heterocycles. The summed E-state index contributed by atoms with van der Waals surface area (Å²) in [5, 5.41) is 6.57. The Morgan fingerprint density at radius 1 is 0.298 bits per heavy atom. The maximum absolute atomic E-state index is 6.76. The van der Waals surface area contributed by atoms with Gasteiger partial charge in [0.2, 0.25) is 0 Å². The van der Waals surface area contributed by atoms with Gasteiger partial charge in [0.05, 0.1) is 0 Å². The van der Waals surface area contributed by atoms with Gasteiger partial charge >= 0.3 is 0 Å². The fourth-order valence-corrected chi connectivity index (χ4v) is 8.26. The van der Waals surface area contributed by atoms with Gasteiger partial charge < -0.3 is 4.42 Å². The first-order chi connectivity index (χ1) is 28.3. The Balaban J connectivity index is 1.13. The Morgan fingerprint density at radius 2 is 0.807 bits per heavy atom. The second-order valence-corrected chi connectivity index (χ2v) is 14.3. The van der Waals surface area contributed by atoms with Crippen molar-refractivity contribution < 1.29 is 4.42 Å². The maximum Gasteiger partial charge on any atom is 0.164 e. The Morgan fingerprint density at radius 3 is 1.58 bits per heavy atom. The van der Waals surface area contributed by atoms with Crippen LogP contribution < -0.4 is 0 Å². The first-order valence-corrected chi connectivity index (χ1v) is 19.2. The standard InChI is InChI=1S/C53H33N3O/c1-3-15-34(16-4-1)41-22-9-12-25-45(41)52-54-51(38-18-5-2-6-19-38)55-53(56-52)46-33-47-49-42(27-14-28-48(49)57-50(47)44-24-11-10-23-43(44)46)37-31-29-36(30-32-37)40-26-13-20-35-17-7-8-21-39(35)40/h1-33H. The van der Waals surface area contributed by atoms with Gasteiger partial charge in [-0.25, -0.2) is 15.0 Å². The van der Waals surface area contributed by atoms with Gasteiger partial charge in [-0.1, -0.05) is 188 Å². The summed E-state index contributed by atoms with van der Waals surface area (Å²) in [5.41, 5.74) is 11.3. The molecule has 0 radical (unpaired) electrons. The predicted octanol–water partition coefficient (Wildman–Crippen LogP) is 14.1. The number of hydrogen-bond donors (Lipinski definition) is 0. The Bertz CT molecular complexity index is 3270. The SMILES string of the molecule is c1ccc(-c2nc(-c3ccccc3-c3ccccc3)nc(-c3cc4c(oc5cccc(-c6ccc(-c7cccc8ccccc78)cc6)c54)c4ccccc34)n2)cc1. The van der Waals surface area contributed by atoms with Crippen molar-refractivity contribution >= 4 is 43.5 Å². The van der Waals surface area contributed by atoms with Gasteiger partial charge in [-0.05, 0) is 61.7 Å². The van der Waals surface area contributed by atoms with Crippen LogP contribution in [-0.2, 0) is 0 Å². The van der Waals surface area contributed by atoms with Crippen LogP contribution in [0.3, 0.4) is 0 Å². The van der Waals surface area contributed by atoms with E-state index in [0.717, 1.165) is 71.7 Å². The molecule has 0 atom stereocenters. The molecule has 0 aliphatic heterocycles. The van der Waals surface area contributed by atoms with E-state index in [2.05, 4.69) is 170 Å². The van der Waals surface area contributed by atoms with Crippen LogP contribution in [0.25, 0.3) is 111 Å². The smallest absolute Gasteiger partial charge is 0.164 e. The van der Waals surface area contributed by atoms with E-state index >= 15 is 0 Å². The van der Waals surface area contributed by atoms with Crippen LogP contribution in [0, 0.1) is 0 Å². The maximum atomic E-state index is 6.76. The summed E-state index contributed by atoms with van der Waals surface area (Å²) >= 11 is 0. The third kappa shape index (κ3) is 5.66. The monoisotopic (exact) mass is 727 g/mol. The number of benzene rings is 9. The van der Waals surface area contributed by atoms with Crippen molar-refractivity contribution in [1.82, 2.24) is 15.0 Å². The molecular formula is C53H33N3O. The lowest BCUT2D eigenvalue weighted by atomic mass is 9.93. The first-order valence-electron chi connectivity index (χ1n) is 19.2. The van der Waals surface area contributed by atoms with E-state index in [9.17, 15) is 0 Å². The molecule has 0 aliphatic rings. The summed E-state index contributed by atoms with van der Waals surface area (Å²) in [6.07, 6.45) is 0. The average molecular weight is 728 g/mol. The van der Waals surface area contributed by atoms with E-state index in [1.54, 1.807) is 0 Å². The zero-order chi connectivity index (χ0) is 37.7. The van der Waals surface area contributed by atoms with Crippen LogP contribution in [0.2, 0.25) is 0 Å². The molecule has 266 valence electrons. The van der Waals surface area contributed by atoms with Gasteiger partial charge in [-0.3, -0.25) is 0 Å². The molecule has 11 aromatic rings. The lowest BCUT2D eigenvalue weighted by Crippen LogP contribution is -2.01. The normalized spacial score (nSPS) is 11.5. The second-order valence-electron chi connectivity index (χ2n) is 14.3. The minimum Gasteiger partial charge on any atom is -0.455 e. The van der Waals surface area contributed by atoms with E-state index in [-0.39, 0.29) is 0 Å². The van der Waals surface area contributed by atoms with E-state index in [1.165, 1.54) is 21.9 Å². The Labute approximate surface area is 329 Å². The lowest BCUT2D eigenvalue weighted by Gasteiger charge is -2.13. The molecule has 57 heavy (non-hydrogen) atoms. The highest BCUT2D eigenvalue weighted by Crippen LogP contribution is 2.43. The molecule has 0 saturated carbocycles. The quantitative estimate of drug-likeness (QED) is 0.171. The Hall–Kier alpha value is -7.69. The highest BCUT2D eigenvalue weighted by molar-refractivity contribution is 6.22. The summed E-state index contributed by atoms with van der Waals surface area (Å²) in [6.45, 7) is 0. The molecule has 2 heterocycles. The van der Waals surface area contributed by atoms with E-state index in [4.69, 9.17) is 19.4 Å². The summed E-state index contributed by atoms with van der Waals surface area (Å²) in [5.74, 6) is 1.84. The minimum absolute atomic E-state index is 0.603. The summed E-state index contributed by atoms with van der Waals surface area (Å²) in [4.78, 5) is 15.6. The van der Waals surface area contributed by atoms with Crippen molar-refractivity contribution in [3.8, 4) is 67.5 Å². The van der Waals surface area contributed by atoms with Gasteiger partial charge in [0, 0.05) is 32.8 Å². The minimum atomic E-state index is 0.603. The molecule has 4 heteroatoms. The van der Waals surface area contributed by atoms with Crippen molar-refractivity contribution in [2.75, 3.05) is 0 Å². The first kappa shape index (κ1) is 32.7. The van der Waals surface area contributed by atoms with Gasteiger partial charge in [0.25, 0.3) is 0 Å². The number of fused-ring (bicyclic) bond motifs is 6. The molecule has 2 aromatic heterocycles. The number of nitrogens with zero attached hydrogens (tertiary/aromatic N) is 3. The third-order valence-corrected chi connectivity index (χ3v) is 11.0. The number of hydrogen-bond acceptors (Lipinski definition) is 4. The van der Waals surface area contributed by atoms with Crippen molar-refractivity contribution in [3.63, 3.8) is 0 Å². The fourth-order valence-electron chi connectivity index (χ4n) is 8.26. The van der Waals surface area contributed by atoms with Crippen molar-refractivity contribution in [1.29, 1.82) is 0 Å². The lowest BCUT2D eigenvalue weighted by molar-refractivity contribution is 0.673. The average Bonchev–Trinajstić information content (AvgIpc) is 3.68. The molecule has 0 amide bonds. The molecule has 0 unspecified atom stereocenters. The number of rotatable bonds is 6. The van der Waals surface area contributed by atoms with Crippen LogP contribution >= 0.6 is 0 Å². The van der Waals surface area contributed by atoms with Gasteiger partial charge in [0.1, 0.15) is 11.2 Å². The highest BCUT2D eigenvalue weighted by atomic mass is 16.3. The number of furan rings is 1. The summed E-state index contributed by atoms with van der Waals surface area (Å²) < 4.78 is 6.76. The second kappa shape index (κ2) is 13.6. The molecule has 0 aliphatic carbocycles. The third-order valence-electron chi connectivity index (χ3n) is 11.0. The zero-order valence-electron chi connectivity index (χ0n) is 30.8. The molecular weight excluding hydrogens is 695 g/mol. The van der Waals surface area contributed by atoms with E-state index in [0.29, 0.717) is 17.5 Å². The van der Waals surface area contributed by atoms with Crippen molar-refractivity contribution in [3.05, 3.63) is 200 Å². The van der Waals surface area contributed by atoms with Crippen LogP contribution in [-0.4, -0.2) is 15.0 Å². The highest BCUT2D eigenvalue weighted by Gasteiger charge is 2.21. The molecule has 0 N–H and O–H groups in total. The Kier molecular flexibility index (Phi) is 7.78. The van der Waals surface area contributed by atoms with Crippen LogP contribution in [0.1, 0.15) is 0 Å². The van der Waals surface area contributed by atoms with E-state index in [1.807, 2.05) is 30.3 Å². The van der Waals surface area contributed by atoms with Crippen molar-refractivity contribution in [2.24, 2.45) is 0 Å². The molecule has 9 aromatic carbocycles. The number of aromatic nitrogens is 3. The topological polar surface area (TPSA) is 51.8 Å². The van der Waals surface area contributed by atoms with Gasteiger partial charge in [0.15, 0.2) is 17.5 Å². The summed E-state index contributed by atoms with van der Waals surface area (Å²) in [6, 6.07) is 69.8. The summed E-state index contributed by atoms with van der Waals surface area (Å²) in [7, 11) is 0. The largest absolute Gasteiger partial charge is 0.455 e. The molecule has 0 bridgehead atoms. The molecule has 11 rings (SSSR count).